The smallest absolute Gasteiger partial charge is 0.345 e. The van der Waals surface area contributed by atoms with Crippen LogP contribution in [0.4, 0.5) is 16.7 Å². The molecule has 0 radical (unpaired) electrons. The molecule has 1 amide bonds. The van der Waals surface area contributed by atoms with Gasteiger partial charge in [0.25, 0.3) is 0 Å². The third-order valence-electron chi connectivity index (χ3n) is 2.44. The average Bonchev–Trinajstić information content (AvgIpc) is 2.73. The molecule has 1 aromatic heterocycles. The van der Waals surface area contributed by atoms with Gasteiger partial charge in [-0.05, 0) is 6.92 Å². The van der Waals surface area contributed by atoms with Gasteiger partial charge in [0.15, 0.2) is 0 Å². The number of ether oxygens (including phenoxy) is 1. The van der Waals surface area contributed by atoms with Crippen LogP contribution in [0.5, 0.6) is 0 Å². The number of carbonyl (C=O) groups excluding carboxylic acids is 1. The highest BCUT2D eigenvalue weighted by Gasteiger charge is 2.19. The second-order valence-corrected chi connectivity index (χ2v) is 3.62. The molecule has 17 heavy (non-hydrogen) atoms. The van der Waals surface area contributed by atoms with Crippen molar-refractivity contribution in [1.29, 1.82) is 0 Å². The quantitative estimate of drug-likeness (QED) is 0.707. The van der Waals surface area contributed by atoms with Gasteiger partial charge in [-0.2, -0.15) is 4.98 Å². The normalized spacial score (nSPS) is 15.9. The third kappa shape index (κ3) is 2.47. The summed E-state index contributed by atoms with van der Waals surface area (Å²) in [6.07, 6.45) is 0. The zero-order valence-corrected chi connectivity index (χ0v) is 9.72. The molecule has 1 aliphatic heterocycles. The monoisotopic (exact) mass is 240 g/mol. The van der Waals surface area contributed by atoms with E-state index in [0.29, 0.717) is 38.8 Å². The molecule has 0 aliphatic carbocycles. The molecule has 2 heterocycles. The largest absolute Gasteiger partial charge is 0.378 e. The Morgan fingerprint density at radius 3 is 2.88 bits per heavy atom. The number of amides is 1. The van der Waals surface area contributed by atoms with Crippen LogP contribution >= 0.6 is 0 Å². The molecule has 1 aromatic rings. The summed E-state index contributed by atoms with van der Waals surface area (Å²) in [5.41, 5.74) is 5.65. The molecule has 94 valence electrons. The molecule has 1 saturated heterocycles. The minimum Gasteiger partial charge on any atom is -0.378 e. The summed E-state index contributed by atoms with van der Waals surface area (Å²) in [6, 6.07) is -0.364. The topological polar surface area (TPSA) is 98.3 Å². The van der Waals surface area contributed by atoms with Gasteiger partial charge in [0.2, 0.25) is 11.9 Å². The Bertz CT molecular complexity index is 398. The fourth-order valence-corrected chi connectivity index (χ4v) is 1.59. The maximum atomic E-state index is 11.6. The van der Waals surface area contributed by atoms with Crippen molar-refractivity contribution in [2.75, 3.05) is 43.5 Å². The number of hydrogen-bond donors (Lipinski definition) is 2. The predicted molar refractivity (Wildman–Crippen MR) is 61.9 cm³/mol. The summed E-state index contributed by atoms with van der Waals surface area (Å²) in [6.45, 7) is 5.03. The van der Waals surface area contributed by atoms with E-state index in [1.165, 1.54) is 0 Å². The second kappa shape index (κ2) is 5.00. The summed E-state index contributed by atoms with van der Waals surface area (Å²) >= 11 is 0. The van der Waals surface area contributed by atoms with Gasteiger partial charge in [-0.25, -0.2) is 4.79 Å². The molecule has 2 rings (SSSR count). The predicted octanol–water partition coefficient (Wildman–Crippen LogP) is -0.725. The van der Waals surface area contributed by atoms with E-state index in [2.05, 4.69) is 15.4 Å². The highest BCUT2D eigenvalue weighted by molar-refractivity contribution is 5.78. The van der Waals surface area contributed by atoms with E-state index in [-0.39, 0.29) is 12.0 Å². The summed E-state index contributed by atoms with van der Waals surface area (Å²) in [7, 11) is 0. The van der Waals surface area contributed by atoms with Crippen LogP contribution < -0.4 is 16.0 Å². The number of nitrogen functional groups attached to an aromatic ring is 1. The first-order chi connectivity index (χ1) is 8.22. The Balaban J connectivity index is 2.14. The van der Waals surface area contributed by atoms with Gasteiger partial charge >= 0.3 is 6.03 Å². The van der Waals surface area contributed by atoms with E-state index in [0.717, 1.165) is 4.68 Å². The molecule has 0 atom stereocenters. The van der Waals surface area contributed by atoms with E-state index in [4.69, 9.17) is 10.5 Å². The number of nitrogens with one attached hydrogen (secondary N) is 1. The van der Waals surface area contributed by atoms with E-state index >= 15 is 0 Å². The maximum Gasteiger partial charge on any atom is 0.345 e. The molecule has 8 nitrogen and oxygen atoms in total. The number of nitrogens with zero attached hydrogens (tertiary/aromatic N) is 4. The van der Waals surface area contributed by atoms with Crippen LogP contribution in [0, 0.1) is 0 Å². The second-order valence-electron chi connectivity index (χ2n) is 3.62. The van der Waals surface area contributed by atoms with Crippen LogP contribution in [0.15, 0.2) is 0 Å². The lowest BCUT2D eigenvalue weighted by atomic mass is 10.4. The fraction of sp³-hybridized carbons (Fsp3) is 0.667. The lowest BCUT2D eigenvalue weighted by molar-refractivity contribution is 0.122. The molecule has 0 bridgehead atoms. The lowest BCUT2D eigenvalue weighted by Gasteiger charge is -2.25. The Morgan fingerprint density at radius 2 is 2.24 bits per heavy atom. The average molecular weight is 240 g/mol. The summed E-state index contributed by atoms with van der Waals surface area (Å²) in [5.74, 6) is 0.564. The number of rotatable bonds is 2. The Labute approximate surface area is 98.7 Å². The van der Waals surface area contributed by atoms with E-state index in [1.807, 2.05) is 11.8 Å². The van der Waals surface area contributed by atoms with Crippen LogP contribution in [-0.4, -0.2) is 53.6 Å². The van der Waals surface area contributed by atoms with E-state index in [1.54, 1.807) is 0 Å². The van der Waals surface area contributed by atoms with Crippen molar-refractivity contribution in [3.05, 3.63) is 0 Å². The van der Waals surface area contributed by atoms with Gasteiger partial charge in [0.1, 0.15) is 0 Å². The van der Waals surface area contributed by atoms with Crippen molar-refractivity contribution < 1.29 is 9.53 Å². The Morgan fingerprint density at radius 1 is 1.53 bits per heavy atom. The van der Waals surface area contributed by atoms with Gasteiger partial charge in [-0.3, -0.25) is 0 Å². The number of carbonyl (C=O) groups is 1. The van der Waals surface area contributed by atoms with Crippen LogP contribution in [0.25, 0.3) is 0 Å². The van der Waals surface area contributed by atoms with Crippen molar-refractivity contribution in [1.82, 2.24) is 20.1 Å². The minimum atomic E-state index is -0.364. The van der Waals surface area contributed by atoms with Gasteiger partial charge in [0, 0.05) is 19.6 Å². The first-order valence-corrected chi connectivity index (χ1v) is 5.55. The number of aromatic nitrogens is 3. The molecule has 3 N–H and O–H groups in total. The first kappa shape index (κ1) is 11.6. The number of nitrogens with two attached hydrogens (primary N) is 1. The van der Waals surface area contributed by atoms with Crippen LogP contribution in [0.3, 0.4) is 0 Å². The Kier molecular flexibility index (Phi) is 3.43. The van der Waals surface area contributed by atoms with Gasteiger partial charge in [-0.1, -0.05) is 0 Å². The van der Waals surface area contributed by atoms with Crippen LogP contribution in [-0.2, 0) is 4.74 Å². The number of anilines is 2. The molecule has 0 aromatic carbocycles. The van der Waals surface area contributed by atoms with E-state index in [9.17, 15) is 4.79 Å². The van der Waals surface area contributed by atoms with E-state index < -0.39 is 0 Å². The fourth-order valence-electron chi connectivity index (χ4n) is 1.59. The number of hydrogen-bond acceptors (Lipinski definition) is 6. The van der Waals surface area contributed by atoms with Crippen LogP contribution in [0.1, 0.15) is 6.92 Å². The molecule has 8 heteroatoms. The summed E-state index contributed by atoms with van der Waals surface area (Å²) < 4.78 is 6.31. The molecular weight excluding hydrogens is 224 g/mol. The minimum absolute atomic E-state index is 0.0949. The van der Waals surface area contributed by atoms with Crippen molar-refractivity contribution >= 4 is 17.9 Å². The lowest BCUT2D eigenvalue weighted by Crippen LogP contribution is -2.37. The summed E-state index contributed by atoms with van der Waals surface area (Å²) in [4.78, 5) is 17.6. The van der Waals surface area contributed by atoms with Crippen molar-refractivity contribution in [2.24, 2.45) is 0 Å². The molecule has 0 spiro atoms. The molecule has 1 aliphatic rings. The first-order valence-electron chi connectivity index (χ1n) is 5.55. The SMILES string of the molecule is CCNC(=O)n1nc(N2CCOCC2)nc1N. The maximum absolute atomic E-state index is 11.6. The third-order valence-corrected chi connectivity index (χ3v) is 2.44. The molecular formula is C9H16N6O2. The molecule has 0 saturated carbocycles. The highest BCUT2D eigenvalue weighted by atomic mass is 16.5. The van der Waals surface area contributed by atoms with Crippen molar-refractivity contribution in [3.63, 3.8) is 0 Å². The van der Waals surface area contributed by atoms with Gasteiger partial charge in [0.05, 0.1) is 13.2 Å². The molecule has 1 fully saturated rings. The van der Waals surface area contributed by atoms with Crippen molar-refractivity contribution in [3.8, 4) is 0 Å². The molecule has 0 unspecified atom stereocenters. The summed E-state index contributed by atoms with van der Waals surface area (Å²) in [5, 5.41) is 6.71. The number of morpholine rings is 1. The van der Waals surface area contributed by atoms with Gasteiger partial charge in [-0.15, -0.1) is 9.78 Å². The van der Waals surface area contributed by atoms with Crippen LogP contribution in [0.2, 0.25) is 0 Å². The standard InChI is InChI=1S/C9H16N6O2/c1-2-11-9(16)15-7(10)12-8(13-15)14-3-5-17-6-4-14/h2-6H2,1H3,(H,11,16)(H2,10,12,13). The van der Waals surface area contributed by atoms with Gasteiger partial charge < -0.3 is 20.7 Å². The Hall–Kier alpha value is -1.83. The van der Waals surface area contributed by atoms with Crippen molar-refractivity contribution in [2.45, 2.75) is 6.92 Å². The highest BCUT2D eigenvalue weighted by Crippen LogP contribution is 2.12. The zero-order valence-electron chi connectivity index (χ0n) is 9.72. The zero-order chi connectivity index (χ0) is 12.3.